The molecule has 1 rings (SSSR count). The van der Waals surface area contributed by atoms with Gasteiger partial charge in [-0.15, -0.1) is 0 Å². The van der Waals surface area contributed by atoms with Crippen molar-refractivity contribution < 1.29 is 21.6 Å². The summed E-state index contributed by atoms with van der Waals surface area (Å²) in [4.78, 5) is -0.461. The number of halogens is 4. The van der Waals surface area contributed by atoms with Crippen LogP contribution in [0.5, 0.6) is 0 Å². The largest absolute Gasteiger partial charge is 0.417 e. The first-order valence-electron chi connectivity index (χ1n) is 5.48. The van der Waals surface area contributed by atoms with Crippen molar-refractivity contribution in [1.29, 1.82) is 0 Å². The van der Waals surface area contributed by atoms with Crippen LogP contribution >= 0.6 is 15.9 Å². The van der Waals surface area contributed by atoms with Gasteiger partial charge >= 0.3 is 6.18 Å². The number of benzene rings is 1. The molecule has 20 heavy (non-hydrogen) atoms. The van der Waals surface area contributed by atoms with Crippen LogP contribution in [0.3, 0.4) is 0 Å². The average molecular weight is 375 g/mol. The van der Waals surface area contributed by atoms with Crippen molar-refractivity contribution in [2.75, 3.05) is 6.54 Å². The molecule has 0 aliphatic heterocycles. The molecule has 0 saturated heterocycles. The first-order chi connectivity index (χ1) is 8.83. The zero-order valence-corrected chi connectivity index (χ0v) is 13.2. The first kappa shape index (κ1) is 17.4. The van der Waals surface area contributed by atoms with E-state index in [2.05, 4.69) is 20.7 Å². The van der Waals surface area contributed by atoms with Gasteiger partial charge in [0, 0.05) is 16.6 Å². The fourth-order valence-electron chi connectivity index (χ4n) is 1.25. The highest BCUT2D eigenvalue weighted by Gasteiger charge is 2.34. The standard InChI is InChI=1S/C11H14BrF3N2O2S/c1-10(2,16)6-17-20(18,19)7-3-4-9(12)8(5-7)11(13,14)15/h3-5,17H,6,16H2,1-2H3. The van der Waals surface area contributed by atoms with E-state index in [0.717, 1.165) is 12.1 Å². The quantitative estimate of drug-likeness (QED) is 0.850. The Bertz CT molecular complexity index is 595. The van der Waals surface area contributed by atoms with Crippen LogP contribution < -0.4 is 10.5 Å². The second kappa shape index (κ2) is 5.63. The topological polar surface area (TPSA) is 72.2 Å². The molecule has 0 aliphatic rings. The zero-order chi connectivity index (χ0) is 15.8. The molecular formula is C11H14BrF3N2O2S. The molecule has 4 nitrogen and oxygen atoms in total. The number of sulfonamides is 1. The van der Waals surface area contributed by atoms with Crippen LogP contribution in [0.4, 0.5) is 13.2 Å². The van der Waals surface area contributed by atoms with Gasteiger partial charge < -0.3 is 5.73 Å². The minimum atomic E-state index is -4.64. The van der Waals surface area contributed by atoms with Crippen molar-refractivity contribution in [2.45, 2.75) is 30.5 Å². The summed E-state index contributed by atoms with van der Waals surface area (Å²) >= 11 is 2.75. The maximum atomic E-state index is 12.7. The van der Waals surface area contributed by atoms with E-state index in [-0.39, 0.29) is 11.0 Å². The van der Waals surface area contributed by atoms with Crippen LogP contribution in [0, 0.1) is 0 Å². The maximum absolute atomic E-state index is 12.7. The summed E-state index contributed by atoms with van der Waals surface area (Å²) in [6, 6.07) is 2.71. The third-order valence-electron chi connectivity index (χ3n) is 2.27. The van der Waals surface area contributed by atoms with Crippen LogP contribution in [0.15, 0.2) is 27.6 Å². The van der Waals surface area contributed by atoms with Crippen molar-refractivity contribution >= 4 is 26.0 Å². The van der Waals surface area contributed by atoms with Gasteiger partial charge in [-0.1, -0.05) is 15.9 Å². The number of nitrogens with two attached hydrogens (primary N) is 1. The average Bonchev–Trinajstić information content (AvgIpc) is 2.24. The third kappa shape index (κ3) is 4.72. The number of hydrogen-bond donors (Lipinski definition) is 2. The highest BCUT2D eigenvalue weighted by Crippen LogP contribution is 2.36. The molecule has 0 radical (unpaired) electrons. The highest BCUT2D eigenvalue weighted by atomic mass is 79.9. The van der Waals surface area contributed by atoms with Crippen molar-refractivity contribution in [3.8, 4) is 0 Å². The molecule has 0 unspecified atom stereocenters. The monoisotopic (exact) mass is 374 g/mol. The zero-order valence-electron chi connectivity index (χ0n) is 10.8. The SMILES string of the molecule is CC(C)(N)CNS(=O)(=O)c1ccc(Br)c(C(F)(F)F)c1. The van der Waals surface area contributed by atoms with E-state index in [1.54, 1.807) is 13.8 Å². The normalized spacial score (nSPS) is 13.6. The lowest BCUT2D eigenvalue weighted by Crippen LogP contribution is -2.45. The van der Waals surface area contributed by atoms with Gasteiger partial charge in [0.05, 0.1) is 10.5 Å². The third-order valence-corrected chi connectivity index (χ3v) is 4.36. The first-order valence-corrected chi connectivity index (χ1v) is 7.76. The van der Waals surface area contributed by atoms with Gasteiger partial charge in [-0.2, -0.15) is 13.2 Å². The van der Waals surface area contributed by atoms with E-state index in [0.29, 0.717) is 6.07 Å². The van der Waals surface area contributed by atoms with Gasteiger partial charge in [-0.25, -0.2) is 13.1 Å². The lowest BCUT2D eigenvalue weighted by Gasteiger charge is -2.19. The van der Waals surface area contributed by atoms with Crippen LogP contribution in [-0.4, -0.2) is 20.5 Å². The number of rotatable bonds is 4. The molecule has 9 heteroatoms. The molecule has 0 fully saturated rings. The second-order valence-electron chi connectivity index (χ2n) is 4.95. The van der Waals surface area contributed by atoms with Crippen molar-refractivity contribution in [1.82, 2.24) is 4.72 Å². The predicted molar refractivity (Wildman–Crippen MR) is 72.6 cm³/mol. The molecule has 3 N–H and O–H groups in total. The molecule has 0 atom stereocenters. The molecule has 0 bridgehead atoms. The van der Waals surface area contributed by atoms with E-state index in [4.69, 9.17) is 5.73 Å². The summed E-state index contributed by atoms with van der Waals surface area (Å²) in [7, 11) is -4.04. The predicted octanol–water partition coefficient (Wildman–Crippen LogP) is 2.48. The summed E-state index contributed by atoms with van der Waals surface area (Å²) in [5.41, 5.74) is 3.77. The summed E-state index contributed by atoms with van der Waals surface area (Å²) in [6.07, 6.45) is -4.64. The summed E-state index contributed by atoms with van der Waals surface area (Å²) < 4.78 is 64.0. The smallest absolute Gasteiger partial charge is 0.324 e. The van der Waals surface area contributed by atoms with Gasteiger partial charge in [-0.3, -0.25) is 0 Å². The highest BCUT2D eigenvalue weighted by molar-refractivity contribution is 9.10. The molecule has 0 amide bonds. The Morgan fingerprint density at radius 3 is 2.30 bits per heavy atom. The molecule has 0 heterocycles. The molecule has 1 aromatic carbocycles. The van der Waals surface area contributed by atoms with Crippen LogP contribution in [0.25, 0.3) is 0 Å². The minimum Gasteiger partial charge on any atom is -0.324 e. The maximum Gasteiger partial charge on any atom is 0.417 e. The van der Waals surface area contributed by atoms with Crippen LogP contribution in [0.2, 0.25) is 0 Å². The second-order valence-corrected chi connectivity index (χ2v) is 7.57. The lowest BCUT2D eigenvalue weighted by atomic mass is 10.1. The van der Waals surface area contributed by atoms with E-state index in [1.807, 2.05) is 0 Å². The molecule has 0 aromatic heterocycles. The van der Waals surface area contributed by atoms with Crippen molar-refractivity contribution in [2.24, 2.45) is 5.73 Å². The van der Waals surface area contributed by atoms with Gasteiger partial charge in [0.1, 0.15) is 0 Å². The fourth-order valence-corrected chi connectivity index (χ4v) is 2.97. The Hall–Kier alpha value is -0.640. The Morgan fingerprint density at radius 2 is 1.85 bits per heavy atom. The van der Waals surface area contributed by atoms with E-state index in [1.165, 1.54) is 0 Å². The summed E-state index contributed by atoms with van der Waals surface area (Å²) in [5.74, 6) is 0. The Balaban J connectivity index is 3.15. The number of hydrogen-bond acceptors (Lipinski definition) is 3. The Morgan fingerprint density at radius 1 is 1.30 bits per heavy atom. The molecule has 0 saturated carbocycles. The van der Waals surface area contributed by atoms with E-state index < -0.39 is 32.2 Å². The van der Waals surface area contributed by atoms with E-state index in [9.17, 15) is 21.6 Å². The number of nitrogens with one attached hydrogen (secondary N) is 1. The molecule has 114 valence electrons. The Labute approximate surface area is 123 Å². The van der Waals surface area contributed by atoms with Crippen LogP contribution in [0.1, 0.15) is 19.4 Å². The molecule has 0 spiro atoms. The number of alkyl halides is 3. The fraction of sp³-hybridized carbons (Fsp3) is 0.455. The van der Waals surface area contributed by atoms with Crippen molar-refractivity contribution in [3.63, 3.8) is 0 Å². The Kier molecular flexibility index (Phi) is 4.90. The van der Waals surface area contributed by atoms with Gasteiger partial charge in [0.15, 0.2) is 0 Å². The van der Waals surface area contributed by atoms with Crippen molar-refractivity contribution in [3.05, 3.63) is 28.2 Å². The minimum absolute atomic E-state index is 0.0905. The summed E-state index contributed by atoms with van der Waals surface area (Å²) in [5, 5.41) is 0. The summed E-state index contributed by atoms with van der Waals surface area (Å²) in [6.45, 7) is 3.10. The molecule has 0 aliphatic carbocycles. The molecule has 1 aromatic rings. The van der Waals surface area contributed by atoms with Gasteiger partial charge in [0.25, 0.3) is 0 Å². The van der Waals surface area contributed by atoms with Gasteiger partial charge in [0.2, 0.25) is 10.0 Å². The van der Waals surface area contributed by atoms with Gasteiger partial charge in [-0.05, 0) is 32.0 Å². The lowest BCUT2D eigenvalue weighted by molar-refractivity contribution is -0.138. The van der Waals surface area contributed by atoms with Crippen LogP contribution in [-0.2, 0) is 16.2 Å². The molecular weight excluding hydrogens is 361 g/mol. The van der Waals surface area contributed by atoms with E-state index >= 15 is 0 Å².